The summed E-state index contributed by atoms with van der Waals surface area (Å²) in [6.07, 6.45) is 4.49. The highest BCUT2D eigenvalue weighted by atomic mass is 79.9. The molecule has 4 bridgehead atoms. The van der Waals surface area contributed by atoms with Gasteiger partial charge in [0, 0.05) is 11.3 Å². The molecule has 0 saturated heterocycles. The molecule has 16 heavy (non-hydrogen) atoms. The molecule has 0 radical (unpaired) electrons. The highest BCUT2D eigenvalue weighted by Crippen LogP contribution is 2.69. The molecule has 0 unspecified atom stereocenters. The summed E-state index contributed by atoms with van der Waals surface area (Å²) in [6.45, 7) is 6.62. The van der Waals surface area contributed by atoms with Gasteiger partial charge in [-0.25, -0.2) is 0 Å². The number of alkyl halides is 1. The molecule has 0 N–H and O–H groups in total. The van der Waals surface area contributed by atoms with Crippen LogP contribution in [0, 0.1) is 17.3 Å². The second-order valence-electron chi connectivity index (χ2n) is 6.26. The number of hydrogen-bond acceptors (Lipinski definition) is 1. The van der Waals surface area contributed by atoms with E-state index in [1.165, 1.54) is 12.0 Å². The molecule has 0 heterocycles. The van der Waals surface area contributed by atoms with Crippen LogP contribution in [-0.2, 0) is 4.79 Å². The maximum Gasteiger partial charge on any atom is 0.156 e. The van der Waals surface area contributed by atoms with E-state index in [0.29, 0.717) is 17.6 Å². The SMILES string of the molecule is CC(C)=C1CC[C@@]2(C)C(=O)[C@]3(Br)CC[C@H]2[C@@H]13. The fraction of sp³-hybridized carbons (Fsp3) is 0.786. The zero-order valence-electron chi connectivity index (χ0n) is 10.3. The number of ketones is 1. The van der Waals surface area contributed by atoms with Gasteiger partial charge >= 0.3 is 0 Å². The number of hydrogen-bond donors (Lipinski definition) is 0. The summed E-state index contributed by atoms with van der Waals surface area (Å²) in [5, 5.41) is 0. The van der Waals surface area contributed by atoms with Crippen molar-refractivity contribution >= 4 is 21.7 Å². The van der Waals surface area contributed by atoms with Crippen LogP contribution >= 0.6 is 15.9 Å². The molecule has 3 rings (SSSR count). The summed E-state index contributed by atoms with van der Waals surface area (Å²) in [6, 6.07) is 0. The van der Waals surface area contributed by atoms with Gasteiger partial charge in [0.25, 0.3) is 0 Å². The van der Waals surface area contributed by atoms with Crippen LogP contribution in [0.3, 0.4) is 0 Å². The van der Waals surface area contributed by atoms with Gasteiger partial charge in [-0.2, -0.15) is 0 Å². The Bertz CT molecular complexity index is 407. The molecule has 0 aromatic carbocycles. The number of carbonyl (C=O) groups is 1. The Labute approximate surface area is 106 Å². The molecule has 3 aliphatic rings. The Morgan fingerprint density at radius 2 is 2.06 bits per heavy atom. The quantitative estimate of drug-likeness (QED) is 0.487. The molecule has 0 spiro atoms. The summed E-state index contributed by atoms with van der Waals surface area (Å²) in [5.41, 5.74) is 2.99. The molecule has 3 saturated carbocycles. The first-order valence-electron chi connectivity index (χ1n) is 6.31. The minimum atomic E-state index is -0.199. The molecule has 0 aromatic heterocycles. The number of carbonyl (C=O) groups excluding carboxylic acids is 1. The maximum atomic E-state index is 12.6. The van der Waals surface area contributed by atoms with E-state index in [-0.39, 0.29) is 9.74 Å². The molecule has 3 fully saturated rings. The maximum absolute atomic E-state index is 12.6. The second-order valence-corrected chi connectivity index (χ2v) is 7.67. The van der Waals surface area contributed by atoms with Crippen LogP contribution in [0.15, 0.2) is 11.1 Å². The van der Waals surface area contributed by atoms with Gasteiger partial charge in [-0.15, -0.1) is 0 Å². The van der Waals surface area contributed by atoms with Crippen molar-refractivity contribution in [2.45, 2.75) is 50.8 Å². The first kappa shape index (κ1) is 11.0. The van der Waals surface area contributed by atoms with E-state index in [1.807, 2.05) is 0 Å². The van der Waals surface area contributed by atoms with E-state index in [9.17, 15) is 4.79 Å². The Morgan fingerprint density at radius 3 is 2.69 bits per heavy atom. The van der Waals surface area contributed by atoms with E-state index in [2.05, 4.69) is 36.7 Å². The fourth-order valence-electron chi connectivity index (χ4n) is 4.52. The zero-order valence-corrected chi connectivity index (χ0v) is 11.9. The standard InChI is InChI=1S/C14H19BrO/c1-8(2)9-4-6-13(3)10-5-7-14(15,11(9)10)12(13)16/h10-11H,4-7H2,1-3H3/t10-,11+,13+,14-/m0/s1. The first-order valence-corrected chi connectivity index (χ1v) is 7.10. The lowest BCUT2D eigenvalue weighted by Crippen LogP contribution is -2.39. The van der Waals surface area contributed by atoms with E-state index in [4.69, 9.17) is 0 Å². The lowest BCUT2D eigenvalue weighted by molar-refractivity contribution is -0.130. The minimum Gasteiger partial charge on any atom is -0.297 e. The molecular formula is C14H19BrO. The third kappa shape index (κ3) is 1.01. The molecule has 2 heteroatoms. The third-order valence-electron chi connectivity index (χ3n) is 5.36. The molecule has 0 aliphatic heterocycles. The number of halogens is 1. The highest BCUT2D eigenvalue weighted by molar-refractivity contribution is 9.10. The van der Waals surface area contributed by atoms with Crippen molar-refractivity contribution in [1.82, 2.24) is 0 Å². The Balaban J connectivity index is 2.19. The van der Waals surface area contributed by atoms with Crippen molar-refractivity contribution in [3.8, 4) is 0 Å². The van der Waals surface area contributed by atoms with Gasteiger partial charge in [-0.05, 0) is 45.4 Å². The average Bonchev–Trinajstić information content (AvgIpc) is 2.61. The Hall–Kier alpha value is -0.110. The molecular weight excluding hydrogens is 264 g/mol. The van der Waals surface area contributed by atoms with Crippen molar-refractivity contribution < 1.29 is 4.79 Å². The predicted molar refractivity (Wildman–Crippen MR) is 68.6 cm³/mol. The summed E-state index contributed by atoms with van der Waals surface area (Å²) in [5.74, 6) is 1.61. The number of Topliss-reactive ketones (excluding diaryl/α,β-unsaturated/α-hetero) is 1. The van der Waals surface area contributed by atoms with E-state index in [1.54, 1.807) is 5.57 Å². The van der Waals surface area contributed by atoms with E-state index < -0.39 is 0 Å². The van der Waals surface area contributed by atoms with Crippen molar-refractivity contribution in [3.63, 3.8) is 0 Å². The van der Waals surface area contributed by atoms with Crippen LogP contribution in [0.1, 0.15) is 46.5 Å². The first-order chi connectivity index (χ1) is 7.41. The Morgan fingerprint density at radius 1 is 1.38 bits per heavy atom. The van der Waals surface area contributed by atoms with Gasteiger partial charge in [0.15, 0.2) is 5.78 Å². The van der Waals surface area contributed by atoms with E-state index in [0.717, 1.165) is 19.3 Å². The lowest BCUT2D eigenvalue weighted by atomic mass is 9.65. The molecule has 4 atom stereocenters. The molecule has 1 nitrogen and oxygen atoms in total. The van der Waals surface area contributed by atoms with E-state index >= 15 is 0 Å². The monoisotopic (exact) mass is 282 g/mol. The Kier molecular flexibility index (Phi) is 2.07. The topological polar surface area (TPSA) is 17.1 Å². The molecule has 3 aliphatic carbocycles. The normalized spacial score (nSPS) is 50.0. The zero-order chi connectivity index (χ0) is 11.7. The van der Waals surface area contributed by atoms with Crippen LogP contribution in [0.25, 0.3) is 0 Å². The van der Waals surface area contributed by atoms with Gasteiger partial charge in [-0.3, -0.25) is 4.79 Å². The summed E-state index contributed by atoms with van der Waals surface area (Å²) < 4.78 is -0.199. The van der Waals surface area contributed by atoms with Crippen molar-refractivity contribution in [1.29, 1.82) is 0 Å². The van der Waals surface area contributed by atoms with Gasteiger partial charge in [0.2, 0.25) is 0 Å². The molecule has 0 aromatic rings. The largest absolute Gasteiger partial charge is 0.297 e. The summed E-state index contributed by atoms with van der Waals surface area (Å²) in [4.78, 5) is 12.6. The predicted octanol–water partition coefficient (Wildman–Crippen LogP) is 3.87. The molecule has 88 valence electrons. The minimum absolute atomic E-state index is 0.0225. The second kappa shape index (κ2) is 3.01. The van der Waals surface area contributed by atoms with Gasteiger partial charge < -0.3 is 0 Å². The van der Waals surface area contributed by atoms with Crippen LogP contribution < -0.4 is 0 Å². The highest BCUT2D eigenvalue weighted by Gasteiger charge is 2.70. The summed E-state index contributed by atoms with van der Waals surface area (Å²) in [7, 11) is 0. The van der Waals surface area contributed by atoms with Crippen LogP contribution in [0.4, 0.5) is 0 Å². The third-order valence-corrected chi connectivity index (χ3v) is 6.61. The lowest BCUT2D eigenvalue weighted by Gasteiger charge is -2.37. The van der Waals surface area contributed by atoms with Crippen molar-refractivity contribution in [2.75, 3.05) is 0 Å². The van der Waals surface area contributed by atoms with Gasteiger partial charge in [-0.1, -0.05) is 34.0 Å². The van der Waals surface area contributed by atoms with Crippen molar-refractivity contribution in [2.24, 2.45) is 17.3 Å². The van der Waals surface area contributed by atoms with Gasteiger partial charge in [0.1, 0.15) is 0 Å². The van der Waals surface area contributed by atoms with Crippen molar-refractivity contribution in [3.05, 3.63) is 11.1 Å². The summed E-state index contributed by atoms with van der Waals surface area (Å²) >= 11 is 3.82. The van der Waals surface area contributed by atoms with Crippen LogP contribution in [0.5, 0.6) is 0 Å². The number of rotatable bonds is 0. The number of allylic oxidation sites excluding steroid dienone is 2. The average molecular weight is 283 g/mol. The van der Waals surface area contributed by atoms with Gasteiger partial charge in [0.05, 0.1) is 4.32 Å². The fourth-order valence-corrected chi connectivity index (χ4v) is 5.80. The smallest absolute Gasteiger partial charge is 0.156 e. The van der Waals surface area contributed by atoms with Crippen LogP contribution in [0.2, 0.25) is 0 Å². The van der Waals surface area contributed by atoms with Crippen LogP contribution in [-0.4, -0.2) is 10.1 Å². The molecule has 0 amide bonds.